The highest BCUT2D eigenvalue weighted by Gasteiger charge is 2.63. The molecule has 0 aromatic heterocycles. The van der Waals surface area contributed by atoms with Crippen LogP contribution in [0.3, 0.4) is 0 Å². The van der Waals surface area contributed by atoms with E-state index < -0.39 is 5.60 Å². The van der Waals surface area contributed by atoms with Crippen LogP contribution in [0.15, 0.2) is 0 Å². The molecule has 0 amide bonds. The molecule has 1 saturated heterocycles. The first kappa shape index (κ1) is 11.4. The predicted molar refractivity (Wildman–Crippen MR) is 59.6 cm³/mol. The Hall–Kier alpha value is -0.120. The zero-order valence-corrected chi connectivity index (χ0v) is 9.87. The van der Waals surface area contributed by atoms with Gasteiger partial charge < -0.3 is 15.1 Å². The lowest BCUT2D eigenvalue weighted by atomic mass is 9.77. The Bertz CT molecular complexity index is 242. The van der Waals surface area contributed by atoms with E-state index in [1.165, 1.54) is 0 Å². The second-order valence-corrected chi connectivity index (χ2v) is 5.61. The summed E-state index contributed by atoms with van der Waals surface area (Å²) in [6.45, 7) is 4.31. The fourth-order valence-corrected chi connectivity index (χ4v) is 3.26. The minimum absolute atomic E-state index is 0.147. The Balaban J connectivity index is 2.11. The molecule has 15 heavy (non-hydrogen) atoms. The molecule has 1 aliphatic carbocycles. The standard InChI is InChI=1S/C12H23NO2/c1-10-8-11(10,9-14)12(15)4-3-6-13(2)7-5-12/h10,14-15H,3-9H2,1-2H3. The summed E-state index contributed by atoms with van der Waals surface area (Å²) in [5.41, 5.74) is -0.801. The van der Waals surface area contributed by atoms with Crippen molar-refractivity contribution in [3.8, 4) is 0 Å². The maximum atomic E-state index is 10.7. The highest BCUT2D eigenvalue weighted by Crippen LogP contribution is 2.61. The van der Waals surface area contributed by atoms with Crippen molar-refractivity contribution in [2.75, 3.05) is 26.7 Å². The fourth-order valence-electron chi connectivity index (χ4n) is 3.26. The molecule has 3 atom stereocenters. The Labute approximate surface area is 92.1 Å². The van der Waals surface area contributed by atoms with Gasteiger partial charge in [0.05, 0.1) is 12.2 Å². The zero-order valence-electron chi connectivity index (χ0n) is 9.87. The molecule has 2 rings (SSSR count). The lowest BCUT2D eigenvalue weighted by Crippen LogP contribution is -2.43. The normalized spacial score (nSPS) is 47.6. The van der Waals surface area contributed by atoms with E-state index >= 15 is 0 Å². The van der Waals surface area contributed by atoms with Gasteiger partial charge in [0.1, 0.15) is 0 Å². The van der Waals surface area contributed by atoms with E-state index in [2.05, 4.69) is 18.9 Å². The van der Waals surface area contributed by atoms with Gasteiger partial charge in [-0.25, -0.2) is 0 Å². The van der Waals surface area contributed by atoms with Crippen LogP contribution in [-0.4, -0.2) is 47.5 Å². The smallest absolute Gasteiger partial charge is 0.0740 e. The van der Waals surface area contributed by atoms with Crippen molar-refractivity contribution in [2.45, 2.75) is 38.2 Å². The number of aliphatic hydroxyl groups is 2. The Morgan fingerprint density at radius 2 is 2.00 bits per heavy atom. The first-order chi connectivity index (χ1) is 7.04. The van der Waals surface area contributed by atoms with Crippen LogP contribution in [-0.2, 0) is 0 Å². The molecular weight excluding hydrogens is 190 g/mol. The Kier molecular flexibility index (Phi) is 2.82. The van der Waals surface area contributed by atoms with Gasteiger partial charge in [-0.05, 0) is 45.2 Å². The van der Waals surface area contributed by atoms with Gasteiger partial charge in [-0.2, -0.15) is 0 Å². The quantitative estimate of drug-likeness (QED) is 0.715. The maximum Gasteiger partial charge on any atom is 0.0740 e. The van der Waals surface area contributed by atoms with Crippen molar-refractivity contribution in [1.29, 1.82) is 0 Å². The van der Waals surface area contributed by atoms with Crippen LogP contribution in [0.1, 0.15) is 32.6 Å². The molecule has 1 aliphatic heterocycles. The maximum absolute atomic E-state index is 10.7. The number of nitrogens with zero attached hydrogens (tertiary/aromatic N) is 1. The van der Waals surface area contributed by atoms with Crippen LogP contribution in [0.2, 0.25) is 0 Å². The molecule has 3 unspecified atom stereocenters. The molecule has 0 radical (unpaired) electrons. The SMILES string of the molecule is CC1CC1(CO)C1(O)CCCN(C)CC1. The van der Waals surface area contributed by atoms with Crippen molar-refractivity contribution in [1.82, 2.24) is 4.90 Å². The van der Waals surface area contributed by atoms with E-state index in [1.807, 2.05) is 0 Å². The summed E-state index contributed by atoms with van der Waals surface area (Å²) >= 11 is 0. The van der Waals surface area contributed by atoms with Crippen LogP contribution in [0.25, 0.3) is 0 Å². The van der Waals surface area contributed by atoms with Gasteiger partial charge >= 0.3 is 0 Å². The highest BCUT2D eigenvalue weighted by atomic mass is 16.3. The summed E-state index contributed by atoms with van der Waals surface area (Å²) in [4.78, 5) is 2.27. The van der Waals surface area contributed by atoms with Gasteiger partial charge in [-0.15, -0.1) is 0 Å². The van der Waals surface area contributed by atoms with Crippen LogP contribution in [0.5, 0.6) is 0 Å². The van der Waals surface area contributed by atoms with E-state index in [1.54, 1.807) is 0 Å². The van der Waals surface area contributed by atoms with Crippen molar-refractivity contribution < 1.29 is 10.2 Å². The first-order valence-electron chi connectivity index (χ1n) is 6.06. The molecule has 2 aliphatic rings. The van der Waals surface area contributed by atoms with E-state index in [0.29, 0.717) is 5.92 Å². The van der Waals surface area contributed by atoms with Crippen LogP contribution in [0.4, 0.5) is 0 Å². The monoisotopic (exact) mass is 213 g/mol. The lowest BCUT2D eigenvalue weighted by Gasteiger charge is -2.36. The van der Waals surface area contributed by atoms with E-state index in [-0.39, 0.29) is 12.0 Å². The van der Waals surface area contributed by atoms with Crippen molar-refractivity contribution in [2.24, 2.45) is 11.3 Å². The zero-order chi connectivity index (χ0) is 11.1. The molecule has 1 saturated carbocycles. The summed E-state index contributed by atoms with van der Waals surface area (Å²) in [6, 6.07) is 0. The van der Waals surface area contributed by atoms with Gasteiger partial charge in [-0.1, -0.05) is 6.92 Å². The van der Waals surface area contributed by atoms with Gasteiger partial charge in [-0.3, -0.25) is 0 Å². The Morgan fingerprint density at radius 1 is 1.33 bits per heavy atom. The molecule has 2 fully saturated rings. The molecule has 1 heterocycles. The van der Waals surface area contributed by atoms with Crippen LogP contribution < -0.4 is 0 Å². The minimum Gasteiger partial charge on any atom is -0.396 e. The molecule has 88 valence electrons. The van der Waals surface area contributed by atoms with E-state index in [0.717, 1.165) is 38.8 Å². The predicted octanol–water partition coefficient (Wildman–Crippen LogP) is 0.852. The number of hydrogen-bond donors (Lipinski definition) is 2. The van der Waals surface area contributed by atoms with E-state index in [9.17, 15) is 10.2 Å². The third-order valence-electron chi connectivity index (χ3n) is 4.70. The van der Waals surface area contributed by atoms with Crippen LogP contribution in [0, 0.1) is 11.3 Å². The number of aliphatic hydroxyl groups excluding tert-OH is 1. The average Bonchev–Trinajstić information content (AvgIpc) is 2.90. The molecule has 0 spiro atoms. The lowest BCUT2D eigenvalue weighted by molar-refractivity contribution is -0.0718. The summed E-state index contributed by atoms with van der Waals surface area (Å²) in [5, 5.41) is 20.3. The van der Waals surface area contributed by atoms with Gasteiger partial charge in [0.2, 0.25) is 0 Å². The minimum atomic E-state index is -0.619. The molecule has 3 heteroatoms. The average molecular weight is 213 g/mol. The molecule has 0 bridgehead atoms. The largest absolute Gasteiger partial charge is 0.396 e. The number of likely N-dealkylation sites (tertiary alicyclic amines) is 1. The number of rotatable bonds is 2. The van der Waals surface area contributed by atoms with Crippen molar-refractivity contribution in [3.05, 3.63) is 0 Å². The van der Waals surface area contributed by atoms with Gasteiger partial charge in [0.15, 0.2) is 0 Å². The van der Waals surface area contributed by atoms with Crippen molar-refractivity contribution >= 4 is 0 Å². The highest BCUT2D eigenvalue weighted by molar-refractivity contribution is 5.12. The van der Waals surface area contributed by atoms with Gasteiger partial charge in [0.25, 0.3) is 0 Å². The molecular formula is C12H23NO2. The van der Waals surface area contributed by atoms with Crippen molar-refractivity contribution in [3.63, 3.8) is 0 Å². The third kappa shape index (κ3) is 1.71. The fraction of sp³-hybridized carbons (Fsp3) is 1.00. The molecule has 0 aromatic carbocycles. The number of hydrogen-bond acceptors (Lipinski definition) is 3. The second-order valence-electron chi connectivity index (χ2n) is 5.61. The molecule has 2 N–H and O–H groups in total. The second kappa shape index (κ2) is 3.72. The summed E-state index contributed by atoms with van der Waals surface area (Å²) < 4.78 is 0. The topological polar surface area (TPSA) is 43.7 Å². The Morgan fingerprint density at radius 3 is 2.53 bits per heavy atom. The van der Waals surface area contributed by atoms with Crippen LogP contribution >= 0.6 is 0 Å². The van der Waals surface area contributed by atoms with E-state index in [4.69, 9.17) is 0 Å². The summed E-state index contributed by atoms with van der Waals surface area (Å²) in [6.07, 6.45) is 3.70. The van der Waals surface area contributed by atoms with Gasteiger partial charge in [0, 0.05) is 12.0 Å². The third-order valence-corrected chi connectivity index (χ3v) is 4.70. The molecule has 3 nitrogen and oxygen atoms in total. The first-order valence-corrected chi connectivity index (χ1v) is 6.06. The summed E-state index contributed by atoms with van der Waals surface area (Å²) in [5.74, 6) is 0.482. The molecule has 0 aromatic rings. The summed E-state index contributed by atoms with van der Waals surface area (Å²) in [7, 11) is 2.10.